The summed E-state index contributed by atoms with van der Waals surface area (Å²) in [6.07, 6.45) is 0.182. The van der Waals surface area contributed by atoms with E-state index in [0.717, 1.165) is 10.4 Å². The van der Waals surface area contributed by atoms with Gasteiger partial charge in [-0.3, -0.25) is 9.59 Å². The predicted molar refractivity (Wildman–Crippen MR) is 83.8 cm³/mol. The van der Waals surface area contributed by atoms with E-state index in [0.29, 0.717) is 10.7 Å². The van der Waals surface area contributed by atoms with Crippen LogP contribution >= 0.6 is 22.9 Å². The average molecular weight is 324 g/mol. The van der Waals surface area contributed by atoms with Gasteiger partial charge in [0.1, 0.15) is 0 Å². The largest absolute Gasteiger partial charge is 0.455 e. The smallest absolute Gasteiger partial charge is 0.311 e. The Morgan fingerprint density at radius 1 is 1.33 bits per heavy atom. The second-order valence-corrected chi connectivity index (χ2v) is 5.87. The van der Waals surface area contributed by atoms with E-state index < -0.39 is 11.9 Å². The highest BCUT2D eigenvalue weighted by Crippen LogP contribution is 2.19. The van der Waals surface area contributed by atoms with Gasteiger partial charge in [-0.15, -0.1) is 11.3 Å². The highest BCUT2D eigenvalue weighted by atomic mass is 35.5. The molecule has 0 fully saturated rings. The van der Waals surface area contributed by atoms with Gasteiger partial charge < -0.3 is 10.1 Å². The maximum atomic E-state index is 11.7. The minimum absolute atomic E-state index is 0.182. The minimum atomic E-state index is -0.422. The lowest BCUT2D eigenvalue weighted by Gasteiger charge is -2.07. The molecule has 0 atom stereocenters. The Kier molecular flexibility index (Phi) is 5.36. The van der Waals surface area contributed by atoms with Gasteiger partial charge in [0.25, 0.3) is 5.91 Å². The molecule has 1 aromatic heterocycles. The molecule has 0 radical (unpaired) electrons. The van der Waals surface area contributed by atoms with Crippen molar-refractivity contribution in [2.45, 2.75) is 13.3 Å². The molecule has 21 heavy (non-hydrogen) atoms. The molecule has 0 aliphatic heterocycles. The number of nitrogens with one attached hydrogen (secondary N) is 1. The zero-order chi connectivity index (χ0) is 15.2. The van der Waals surface area contributed by atoms with Crippen LogP contribution < -0.4 is 5.32 Å². The third-order valence-electron chi connectivity index (χ3n) is 2.72. The van der Waals surface area contributed by atoms with Crippen molar-refractivity contribution < 1.29 is 14.3 Å². The number of hydrogen-bond donors (Lipinski definition) is 1. The standard InChI is InChI=1S/C15H14ClNO3S/c1-10-4-5-11(7-13(10)16)17-14(18)9-20-15(19)8-12-3-2-6-21-12/h2-7H,8-9H2,1H3,(H,17,18). The average Bonchev–Trinajstić information content (AvgIpc) is 2.93. The van der Waals surface area contributed by atoms with Crippen molar-refractivity contribution >= 4 is 40.5 Å². The van der Waals surface area contributed by atoms with Crippen LogP contribution in [-0.4, -0.2) is 18.5 Å². The van der Waals surface area contributed by atoms with Crippen LogP contribution in [0.5, 0.6) is 0 Å². The molecule has 4 nitrogen and oxygen atoms in total. The highest BCUT2D eigenvalue weighted by Gasteiger charge is 2.09. The molecule has 2 aromatic rings. The molecule has 6 heteroatoms. The summed E-state index contributed by atoms with van der Waals surface area (Å²) >= 11 is 7.44. The number of anilines is 1. The van der Waals surface area contributed by atoms with Gasteiger partial charge in [0.2, 0.25) is 0 Å². The number of thiophene rings is 1. The Bertz CT molecular complexity index is 640. The van der Waals surface area contributed by atoms with Gasteiger partial charge in [0, 0.05) is 15.6 Å². The molecular weight excluding hydrogens is 310 g/mol. The van der Waals surface area contributed by atoms with Crippen LogP contribution in [0.4, 0.5) is 5.69 Å². The number of hydrogen-bond acceptors (Lipinski definition) is 4. The highest BCUT2D eigenvalue weighted by molar-refractivity contribution is 7.10. The summed E-state index contributed by atoms with van der Waals surface area (Å²) in [5.74, 6) is -0.816. The minimum Gasteiger partial charge on any atom is -0.455 e. The van der Waals surface area contributed by atoms with Crippen LogP contribution in [-0.2, 0) is 20.7 Å². The third kappa shape index (κ3) is 4.88. The van der Waals surface area contributed by atoms with Crippen molar-refractivity contribution in [1.29, 1.82) is 0 Å². The number of rotatable bonds is 5. The molecule has 1 N–H and O–H groups in total. The molecule has 0 spiro atoms. The first-order valence-corrected chi connectivity index (χ1v) is 7.54. The van der Waals surface area contributed by atoms with Crippen molar-refractivity contribution in [2.24, 2.45) is 0 Å². The summed E-state index contributed by atoms with van der Waals surface area (Å²) < 4.78 is 4.93. The van der Waals surface area contributed by atoms with E-state index in [1.807, 2.05) is 24.4 Å². The lowest BCUT2D eigenvalue weighted by molar-refractivity contribution is -0.146. The van der Waals surface area contributed by atoms with Crippen molar-refractivity contribution in [1.82, 2.24) is 0 Å². The van der Waals surface area contributed by atoms with Gasteiger partial charge >= 0.3 is 5.97 Å². The molecule has 1 aromatic carbocycles. The number of benzene rings is 1. The molecule has 0 unspecified atom stereocenters. The van der Waals surface area contributed by atoms with E-state index in [1.165, 1.54) is 11.3 Å². The summed E-state index contributed by atoms with van der Waals surface area (Å²) in [5, 5.41) is 5.08. The first kappa shape index (κ1) is 15.5. The molecular formula is C15H14ClNO3S. The van der Waals surface area contributed by atoms with E-state index in [1.54, 1.807) is 18.2 Å². The predicted octanol–water partition coefficient (Wildman–Crippen LogP) is 3.43. The maximum Gasteiger partial charge on any atom is 0.311 e. The number of esters is 1. The molecule has 2 rings (SSSR count). The van der Waals surface area contributed by atoms with E-state index in [-0.39, 0.29) is 13.0 Å². The Hall–Kier alpha value is -1.85. The van der Waals surface area contributed by atoms with Crippen LogP contribution in [0.15, 0.2) is 35.7 Å². The van der Waals surface area contributed by atoms with E-state index in [2.05, 4.69) is 5.32 Å². The van der Waals surface area contributed by atoms with Crippen molar-refractivity contribution in [3.05, 3.63) is 51.2 Å². The van der Waals surface area contributed by atoms with E-state index in [4.69, 9.17) is 16.3 Å². The number of carbonyl (C=O) groups is 2. The molecule has 0 saturated heterocycles. The van der Waals surface area contributed by atoms with Crippen LogP contribution in [0.3, 0.4) is 0 Å². The zero-order valence-corrected chi connectivity index (χ0v) is 13.0. The summed E-state index contributed by atoms with van der Waals surface area (Å²) in [7, 11) is 0. The second-order valence-electron chi connectivity index (χ2n) is 4.43. The molecule has 110 valence electrons. The number of carbonyl (C=O) groups excluding carboxylic acids is 2. The molecule has 0 aliphatic carbocycles. The summed E-state index contributed by atoms with van der Waals surface area (Å²) in [5.41, 5.74) is 1.50. The molecule has 0 saturated carbocycles. The molecule has 0 bridgehead atoms. The Morgan fingerprint density at radius 3 is 2.81 bits per heavy atom. The normalized spacial score (nSPS) is 10.2. The SMILES string of the molecule is Cc1ccc(NC(=O)COC(=O)Cc2cccs2)cc1Cl. The van der Waals surface area contributed by atoms with Crippen LogP contribution in [0.2, 0.25) is 5.02 Å². The molecule has 1 heterocycles. The van der Waals surface area contributed by atoms with Crippen LogP contribution in [0.1, 0.15) is 10.4 Å². The lowest BCUT2D eigenvalue weighted by Crippen LogP contribution is -2.21. The van der Waals surface area contributed by atoms with Crippen LogP contribution in [0.25, 0.3) is 0 Å². The first-order chi connectivity index (χ1) is 10.0. The third-order valence-corrected chi connectivity index (χ3v) is 4.00. The lowest BCUT2D eigenvalue weighted by atomic mass is 10.2. The monoisotopic (exact) mass is 323 g/mol. The van der Waals surface area contributed by atoms with E-state index in [9.17, 15) is 9.59 Å². The fourth-order valence-electron chi connectivity index (χ4n) is 1.62. The maximum absolute atomic E-state index is 11.7. The Labute approximate surface area is 131 Å². The van der Waals surface area contributed by atoms with E-state index >= 15 is 0 Å². The van der Waals surface area contributed by atoms with Crippen molar-refractivity contribution in [3.8, 4) is 0 Å². The fraction of sp³-hybridized carbons (Fsp3) is 0.200. The quantitative estimate of drug-likeness (QED) is 0.858. The topological polar surface area (TPSA) is 55.4 Å². The summed E-state index contributed by atoms with van der Waals surface area (Å²) in [4.78, 5) is 24.1. The molecule has 0 aliphatic rings. The van der Waals surface area contributed by atoms with Gasteiger partial charge in [-0.1, -0.05) is 23.7 Å². The van der Waals surface area contributed by atoms with Crippen LogP contribution in [0, 0.1) is 6.92 Å². The van der Waals surface area contributed by atoms with Crippen molar-refractivity contribution in [3.63, 3.8) is 0 Å². The summed E-state index contributed by atoms with van der Waals surface area (Å²) in [6.45, 7) is 1.57. The van der Waals surface area contributed by atoms with Gasteiger partial charge in [-0.25, -0.2) is 0 Å². The van der Waals surface area contributed by atoms with Crippen molar-refractivity contribution in [2.75, 3.05) is 11.9 Å². The Balaban J connectivity index is 1.79. The van der Waals surface area contributed by atoms with Gasteiger partial charge in [0.15, 0.2) is 6.61 Å². The second kappa shape index (κ2) is 7.24. The van der Waals surface area contributed by atoms with Gasteiger partial charge in [0.05, 0.1) is 6.42 Å². The number of halogens is 1. The fourth-order valence-corrected chi connectivity index (χ4v) is 2.49. The number of aryl methyl sites for hydroxylation is 1. The summed E-state index contributed by atoms with van der Waals surface area (Å²) in [6, 6.07) is 8.91. The van der Waals surface area contributed by atoms with Gasteiger partial charge in [-0.2, -0.15) is 0 Å². The zero-order valence-electron chi connectivity index (χ0n) is 11.4. The first-order valence-electron chi connectivity index (χ1n) is 6.28. The number of amides is 1. The number of ether oxygens (including phenoxy) is 1. The molecule has 1 amide bonds. The Morgan fingerprint density at radius 2 is 2.14 bits per heavy atom. The van der Waals surface area contributed by atoms with Gasteiger partial charge in [-0.05, 0) is 36.1 Å².